The summed E-state index contributed by atoms with van der Waals surface area (Å²) in [4.78, 5) is 63.9. The molecule has 0 unspecified atom stereocenters. The van der Waals surface area contributed by atoms with E-state index in [1.165, 1.54) is 18.2 Å². The van der Waals surface area contributed by atoms with E-state index in [0.717, 1.165) is 17.3 Å². The maximum absolute atomic E-state index is 13.1. The minimum Gasteiger partial charge on any atom is -0.477 e. The maximum atomic E-state index is 13.1. The third-order valence-corrected chi connectivity index (χ3v) is 5.93. The van der Waals surface area contributed by atoms with Crippen LogP contribution >= 0.6 is 0 Å². The number of H-pyrrole nitrogens is 1. The number of amides is 3. The van der Waals surface area contributed by atoms with Crippen molar-refractivity contribution in [2.24, 2.45) is 5.73 Å². The van der Waals surface area contributed by atoms with Gasteiger partial charge in [0.25, 0.3) is 5.91 Å². The number of fused-ring (bicyclic) bond motifs is 1. The van der Waals surface area contributed by atoms with E-state index in [-0.39, 0.29) is 23.9 Å². The van der Waals surface area contributed by atoms with Crippen LogP contribution in [0.1, 0.15) is 33.6 Å². The Morgan fingerprint density at radius 3 is 2.26 bits per heavy atom. The van der Waals surface area contributed by atoms with Gasteiger partial charge in [-0.3, -0.25) is 19.2 Å². The lowest BCUT2D eigenvalue weighted by molar-refractivity contribution is -0.119. The lowest BCUT2D eigenvalue weighted by atomic mass is 10.0. The normalized spacial score (nSPS) is 11.5. The van der Waals surface area contributed by atoms with Crippen LogP contribution in [0.3, 0.4) is 0 Å². The summed E-state index contributed by atoms with van der Waals surface area (Å²) < 4.78 is 0. The molecule has 0 bridgehead atoms. The number of carboxylic acid groups (broad SMARTS) is 1. The zero-order valence-corrected chi connectivity index (χ0v) is 20.1. The van der Waals surface area contributed by atoms with E-state index in [9.17, 15) is 29.1 Å². The number of aromatic nitrogens is 1. The molecule has 0 fully saturated rings. The third-order valence-electron chi connectivity index (χ3n) is 5.93. The Morgan fingerprint density at radius 2 is 1.61 bits per heavy atom. The number of carbonyl (C=O) groups is 4. The van der Waals surface area contributed by atoms with Crippen molar-refractivity contribution < 1.29 is 24.3 Å². The fourth-order valence-corrected chi connectivity index (χ4v) is 3.93. The summed E-state index contributed by atoms with van der Waals surface area (Å²) in [5, 5.41) is 14.5. The molecule has 0 radical (unpaired) electrons. The number of hydrogen-bond donors (Lipinski definition) is 5. The van der Waals surface area contributed by atoms with Crippen molar-refractivity contribution in [3.63, 3.8) is 0 Å². The fourth-order valence-electron chi connectivity index (χ4n) is 3.93. The van der Waals surface area contributed by atoms with Gasteiger partial charge in [0.15, 0.2) is 0 Å². The number of nitrogens with two attached hydrogens (primary N) is 1. The molecule has 192 valence electrons. The van der Waals surface area contributed by atoms with Crippen molar-refractivity contribution in [3.8, 4) is 11.1 Å². The smallest absolute Gasteiger partial charge is 0.341 e. The largest absolute Gasteiger partial charge is 0.477 e. The maximum Gasteiger partial charge on any atom is 0.341 e. The zero-order valence-electron chi connectivity index (χ0n) is 20.1. The first-order valence-corrected chi connectivity index (χ1v) is 11.7. The number of pyridine rings is 1. The van der Waals surface area contributed by atoms with E-state index < -0.39 is 40.7 Å². The molecule has 4 aromatic rings. The highest BCUT2D eigenvalue weighted by Gasteiger charge is 2.23. The molecule has 10 heteroatoms. The second-order valence-electron chi connectivity index (χ2n) is 8.56. The van der Waals surface area contributed by atoms with Crippen LogP contribution in [0.25, 0.3) is 22.0 Å². The Kier molecular flexibility index (Phi) is 7.62. The third kappa shape index (κ3) is 5.93. The minimum atomic E-state index is -1.38. The van der Waals surface area contributed by atoms with Gasteiger partial charge in [-0.1, -0.05) is 42.5 Å². The molecule has 1 heterocycles. The minimum absolute atomic E-state index is 0.0493. The average molecular weight is 513 g/mol. The topological polar surface area (TPSA) is 171 Å². The molecule has 0 saturated carbocycles. The summed E-state index contributed by atoms with van der Waals surface area (Å²) in [7, 11) is 0. The molecule has 0 aliphatic heterocycles. The molecule has 38 heavy (non-hydrogen) atoms. The van der Waals surface area contributed by atoms with Crippen molar-refractivity contribution in [2.75, 3.05) is 5.32 Å². The van der Waals surface area contributed by atoms with Gasteiger partial charge in [-0.2, -0.15) is 0 Å². The number of anilines is 1. The Labute approximate surface area is 216 Å². The van der Waals surface area contributed by atoms with E-state index in [1.807, 2.05) is 30.3 Å². The summed E-state index contributed by atoms with van der Waals surface area (Å²) in [6, 6.07) is 19.7. The van der Waals surface area contributed by atoms with E-state index in [2.05, 4.69) is 15.6 Å². The Morgan fingerprint density at radius 1 is 0.921 bits per heavy atom. The second kappa shape index (κ2) is 11.2. The molecule has 0 saturated heterocycles. The van der Waals surface area contributed by atoms with Gasteiger partial charge in [0, 0.05) is 34.8 Å². The molecule has 0 spiro atoms. The van der Waals surface area contributed by atoms with Crippen molar-refractivity contribution in [1.29, 1.82) is 0 Å². The first kappa shape index (κ1) is 25.8. The van der Waals surface area contributed by atoms with E-state index in [4.69, 9.17) is 5.73 Å². The highest BCUT2D eigenvalue weighted by Crippen LogP contribution is 2.20. The predicted molar refractivity (Wildman–Crippen MR) is 142 cm³/mol. The summed E-state index contributed by atoms with van der Waals surface area (Å²) >= 11 is 0. The molecule has 3 amide bonds. The number of nitrogens with one attached hydrogen (secondary N) is 3. The highest BCUT2D eigenvalue weighted by molar-refractivity contribution is 6.02. The van der Waals surface area contributed by atoms with Crippen LogP contribution in [-0.2, 0) is 9.59 Å². The van der Waals surface area contributed by atoms with Crippen LogP contribution in [0.4, 0.5) is 5.69 Å². The van der Waals surface area contributed by atoms with Gasteiger partial charge >= 0.3 is 5.97 Å². The summed E-state index contributed by atoms with van der Waals surface area (Å²) in [6.07, 6.45) is 0.907. The van der Waals surface area contributed by atoms with Crippen molar-refractivity contribution >= 4 is 40.3 Å². The Bertz CT molecular complexity index is 1580. The predicted octanol–water partition coefficient (Wildman–Crippen LogP) is 2.90. The molecule has 6 N–H and O–H groups in total. The van der Waals surface area contributed by atoms with E-state index in [0.29, 0.717) is 11.1 Å². The van der Waals surface area contributed by atoms with Crippen LogP contribution < -0.4 is 21.8 Å². The van der Waals surface area contributed by atoms with Gasteiger partial charge in [-0.15, -0.1) is 0 Å². The molecule has 0 aliphatic carbocycles. The number of aromatic amines is 1. The summed E-state index contributed by atoms with van der Waals surface area (Å²) in [5.74, 6) is -3.17. The summed E-state index contributed by atoms with van der Waals surface area (Å²) in [6.45, 7) is 0. The van der Waals surface area contributed by atoms with Gasteiger partial charge in [-0.05, 0) is 47.9 Å². The van der Waals surface area contributed by atoms with Crippen molar-refractivity contribution in [1.82, 2.24) is 10.3 Å². The van der Waals surface area contributed by atoms with Gasteiger partial charge in [0.05, 0.1) is 0 Å². The first-order valence-electron chi connectivity index (χ1n) is 11.7. The monoisotopic (exact) mass is 512 g/mol. The highest BCUT2D eigenvalue weighted by atomic mass is 16.4. The lowest BCUT2D eigenvalue weighted by Gasteiger charge is -2.18. The number of carbonyl (C=O) groups excluding carboxylic acids is 3. The van der Waals surface area contributed by atoms with Crippen LogP contribution in [-0.4, -0.2) is 39.8 Å². The number of aromatic carboxylic acids is 1. The molecule has 10 nitrogen and oxygen atoms in total. The standard InChI is InChI=1S/C28H24N4O6/c29-24(33)13-12-23(32-26(35)18-8-6-17(7-9-18)16-4-2-1-3-5-16)27(36)31-19-10-11-22-20(14-19)25(34)21(15-30-22)28(37)38/h1-11,14-15,23H,12-13H2,(H2,29,33)(H,30,34)(H,31,36)(H,32,35)(H,37,38)/t23-/m0/s1. The number of carboxylic acids is 1. The average Bonchev–Trinajstić information content (AvgIpc) is 2.91. The molecule has 4 rings (SSSR count). The van der Waals surface area contributed by atoms with Crippen LogP contribution in [0.15, 0.2) is 83.8 Å². The summed E-state index contributed by atoms with van der Waals surface area (Å²) in [5.41, 5.74) is 6.93. The zero-order chi connectivity index (χ0) is 27.2. The quantitative estimate of drug-likeness (QED) is 0.231. The van der Waals surface area contributed by atoms with Crippen LogP contribution in [0, 0.1) is 0 Å². The van der Waals surface area contributed by atoms with Gasteiger partial charge in [0.2, 0.25) is 17.2 Å². The number of hydrogen-bond acceptors (Lipinski definition) is 5. The van der Waals surface area contributed by atoms with E-state index in [1.54, 1.807) is 24.3 Å². The molecule has 3 aromatic carbocycles. The van der Waals surface area contributed by atoms with Gasteiger partial charge in [-0.25, -0.2) is 4.79 Å². The Balaban J connectivity index is 1.53. The molecular formula is C28H24N4O6. The number of rotatable bonds is 9. The van der Waals surface area contributed by atoms with E-state index >= 15 is 0 Å². The number of primary amides is 1. The molecule has 0 aliphatic rings. The lowest BCUT2D eigenvalue weighted by Crippen LogP contribution is -2.44. The number of benzene rings is 3. The van der Waals surface area contributed by atoms with Crippen LogP contribution in [0.2, 0.25) is 0 Å². The van der Waals surface area contributed by atoms with Crippen LogP contribution in [0.5, 0.6) is 0 Å². The first-order chi connectivity index (χ1) is 18.2. The molecule has 1 aromatic heterocycles. The second-order valence-corrected chi connectivity index (χ2v) is 8.56. The Hall–Kier alpha value is -5.25. The molecular weight excluding hydrogens is 488 g/mol. The van der Waals surface area contributed by atoms with Crippen molar-refractivity contribution in [2.45, 2.75) is 18.9 Å². The van der Waals surface area contributed by atoms with Crippen molar-refractivity contribution in [3.05, 3.63) is 100 Å². The van der Waals surface area contributed by atoms with Gasteiger partial charge in [0.1, 0.15) is 11.6 Å². The SMILES string of the molecule is NC(=O)CC[C@H](NC(=O)c1ccc(-c2ccccc2)cc1)C(=O)Nc1ccc2[nH]cc(C(=O)O)c(=O)c2c1. The molecule has 1 atom stereocenters. The van der Waals surface area contributed by atoms with Gasteiger partial charge < -0.3 is 26.5 Å². The fraction of sp³-hybridized carbons (Fsp3) is 0.107.